The quantitative estimate of drug-likeness (QED) is 0.346. The van der Waals surface area contributed by atoms with Gasteiger partial charge in [-0.05, 0) is 82.3 Å². The first-order valence-corrected chi connectivity index (χ1v) is 9.29. The summed E-state index contributed by atoms with van der Waals surface area (Å²) in [4.78, 5) is 17.0. The van der Waals surface area contributed by atoms with Crippen LogP contribution in [0.25, 0.3) is 11.3 Å². The molecule has 1 aliphatic rings. The summed E-state index contributed by atoms with van der Waals surface area (Å²) in [6.07, 6.45) is 1.67. The first-order valence-electron chi connectivity index (χ1n) is 6.11. The molecule has 1 aromatic heterocycles. The molecule has 22 heavy (non-hydrogen) atoms. The molecule has 2 aromatic rings. The first-order chi connectivity index (χ1) is 10.3. The Bertz CT molecular complexity index is 857. The Morgan fingerprint density at radius 3 is 2.09 bits per heavy atom. The third-order valence-electron chi connectivity index (χ3n) is 3.36. The molecule has 1 N–H and O–H groups in total. The molecule has 0 atom stereocenters. The minimum absolute atomic E-state index is 0.0721. The molecule has 0 bridgehead atoms. The van der Waals surface area contributed by atoms with Crippen molar-refractivity contribution in [2.75, 3.05) is 0 Å². The topological polar surface area (TPSA) is 50.2 Å². The zero-order valence-electron chi connectivity index (χ0n) is 11.0. The number of Topliss-reactive ketones (excluding diaryl/α,β-unsaturated/α-hetero) is 1. The highest BCUT2D eigenvalue weighted by molar-refractivity contribution is 9.15. The molecule has 0 radical (unpaired) electrons. The van der Waals surface area contributed by atoms with E-state index in [9.17, 15) is 9.90 Å². The summed E-state index contributed by atoms with van der Waals surface area (Å²) in [6, 6.07) is 3.59. The Hall–Kier alpha value is -0.500. The maximum atomic E-state index is 12.8. The number of ketones is 1. The number of aliphatic hydroxyl groups is 1. The van der Waals surface area contributed by atoms with Gasteiger partial charge in [0, 0.05) is 29.7 Å². The largest absolute Gasteiger partial charge is 0.506 e. The van der Waals surface area contributed by atoms with Crippen molar-refractivity contribution in [3.63, 3.8) is 0 Å². The van der Waals surface area contributed by atoms with Crippen LogP contribution in [0.5, 0.6) is 0 Å². The van der Waals surface area contributed by atoms with Crippen LogP contribution in [-0.4, -0.2) is 15.9 Å². The Kier molecular flexibility index (Phi) is 4.35. The number of pyridine rings is 1. The Morgan fingerprint density at radius 1 is 0.955 bits per heavy atom. The van der Waals surface area contributed by atoms with E-state index in [4.69, 9.17) is 0 Å². The van der Waals surface area contributed by atoms with Crippen molar-refractivity contribution in [3.05, 3.63) is 58.6 Å². The standard InChI is InChI=1S/C15H7Br4NO2/c1-5-2-3-6(20-4-5)7-14(21)8-9(15(7)22)11(17)13(19)12(18)10(8)16/h2-4,21H,1H3. The SMILES string of the molecule is Cc1ccc(C2=C(O)c3c(Br)c(Br)c(Br)c(Br)c3C2=O)nc1. The minimum Gasteiger partial charge on any atom is -0.506 e. The lowest BCUT2D eigenvalue weighted by Crippen LogP contribution is -2.02. The number of hydrogen-bond donors (Lipinski definition) is 1. The Morgan fingerprint density at radius 2 is 1.55 bits per heavy atom. The van der Waals surface area contributed by atoms with Gasteiger partial charge in [0.05, 0.1) is 16.8 Å². The van der Waals surface area contributed by atoms with Gasteiger partial charge in [0.25, 0.3) is 0 Å². The number of carbonyl (C=O) groups excluding carboxylic acids is 1. The Labute approximate surface area is 160 Å². The van der Waals surface area contributed by atoms with E-state index in [-0.39, 0.29) is 17.1 Å². The molecule has 0 amide bonds. The van der Waals surface area contributed by atoms with Crippen LogP contribution in [-0.2, 0) is 0 Å². The molecule has 112 valence electrons. The van der Waals surface area contributed by atoms with Crippen molar-refractivity contribution in [3.8, 4) is 0 Å². The number of nitrogens with zero attached hydrogens (tertiary/aromatic N) is 1. The lowest BCUT2D eigenvalue weighted by atomic mass is 10.1. The first kappa shape index (κ1) is 16.4. The van der Waals surface area contributed by atoms with Gasteiger partial charge in [-0.1, -0.05) is 6.07 Å². The van der Waals surface area contributed by atoms with E-state index < -0.39 is 0 Å². The number of hydrogen-bond acceptors (Lipinski definition) is 3. The number of aryl methyl sites for hydroxylation is 1. The Balaban J connectivity index is 2.31. The highest BCUT2D eigenvalue weighted by atomic mass is 79.9. The molecule has 0 spiro atoms. The highest BCUT2D eigenvalue weighted by Crippen LogP contribution is 2.49. The van der Waals surface area contributed by atoms with Gasteiger partial charge in [-0.15, -0.1) is 0 Å². The molecule has 3 rings (SSSR count). The molecular weight excluding hydrogens is 546 g/mol. The van der Waals surface area contributed by atoms with Gasteiger partial charge in [-0.2, -0.15) is 0 Å². The van der Waals surface area contributed by atoms with Gasteiger partial charge in [0.1, 0.15) is 5.76 Å². The monoisotopic (exact) mass is 549 g/mol. The third kappa shape index (κ3) is 2.33. The molecule has 3 nitrogen and oxygen atoms in total. The van der Waals surface area contributed by atoms with Gasteiger partial charge >= 0.3 is 0 Å². The summed E-state index contributed by atoms with van der Waals surface area (Å²) < 4.78 is 2.63. The molecule has 0 unspecified atom stereocenters. The number of aromatic nitrogens is 1. The number of aliphatic hydroxyl groups excluding tert-OH is 1. The molecule has 0 aliphatic heterocycles. The second-order valence-corrected chi connectivity index (χ2v) is 7.95. The zero-order chi connectivity index (χ0) is 16.2. The van der Waals surface area contributed by atoms with Crippen LogP contribution in [0.15, 0.2) is 36.2 Å². The molecule has 1 heterocycles. The van der Waals surface area contributed by atoms with E-state index in [1.54, 1.807) is 12.3 Å². The predicted octanol–water partition coefficient (Wildman–Crippen LogP) is 6.06. The van der Waals surface area contributed by atoms with Gasteiger partial charge in [-0.3, -0.25) is 9.78 Å². The number of rotatable bonds is 1. The van der Waals surface area contributed by atoms with Crippen molar-refractivity contribution in [2.24, 2.45) is 0 Å². The van der Waals surface area contributed by atoms with Crippen molar-refractivity contribution >= 4 is 80.8 Å². The van der Waals surface area contributed by atoms with Gasteiger partial charge in [0.2, 0.25) is 5.78 Å². The molecule has 7 heteroatoms. The normalized spacial score (nSPS) is 13.8. The van der Waals surface area contributed by atoms with Gasteiger partial charge in [0.15, 0.2) is 0 Å². The fourth-order valence-electron chi connectivity index (χ4n) is 2.28. The summed E-state index contributed by atoms with van der Waals surface area (Å²) in [6.45, 7) is 1.91. The highest BCUT2D eigenvalue weighted by Gasteiger charge is 2.37. The van der Waals surface area contributed by atoms with Crippen LogP contribution in [0, 0.1) is 6.92 Å². The lowest BCUT2D eigenvalue weighted by molar-refractivity contribution is 0.105. The average molecular weight is 553 g/mol. The lowest BCUT2D eigenvalue weighted by Gasteiger charge is -2.10. The number of benzene rings is 1. The predicted molar refractivity (Wildman–Crippen MR) is 100.0 cm³/mol. The van der Waals surface area contributed by atoms with E-state index in [1.165, 1.54) is 0 Å². The molecule has 0 fully saturated rings. The van der Waals surface area contributed by atoms with Crippen LogP contribution in [0.2, 0.25) is 0 Å². The van der Waals surface area contributed by atoms with Crippen LogP contribution >= 0.6 is 63.7 Å². The summed E-state index contributed by atoms with van der Waals surface area (Å²) in [5.41, 5.74) is 2.53. The van der Waals surface area contributed by atoms with Crippen molar-refractivity contribution in [2.45, 2.75) is 6.92 Å². The summed E-state index contributed by atoms with van der Waals surface area (Å²) in [7, 11) is 0. The summed E-state index contributed by atoms with van der Waals surface area (Å²) in [5.74, 6) is -0.332. The summed E-state index contributed by atoms with van der Waals surface area (Å²) in [5, 5.41) is 10.6. The van der Waals surface area contributed by atoms with E-state index in [1.807, 2.05) is 13.0 Å². The second-order valence-electron chi connectivity index (χ2n) is 4.78. The second kappa shape index (κ2) is 5.85. The molecule has 1 aromatic carbocycles. The van der Waals surface area contributed by atoms with E-state index in [2.05, 4.69) is 68.7 Å². The zero-order valence-corrected chi connectivity index (χ0v) is 17.4. The summed E-state index contributed by atoms with van der Waals surface area (Å²) >= 11 is 13.7. The van der Waals surface area contributed by atoms with Crippen LogP contribution in [0.3, 0.4) is 0 Å². The molecular formula is C15H7Br4NO2. The van der Waals surface area contributed by atoms with Crippen LogP contribution < -0.4 is 0 Å². The fraction of sp³-hybridized carbons (Fsp3) is 0.0667. The van der Waals surface area contributed by atoms with Gasteiger partial charge < -0.3 is 5.11 Å². The van der Waals surface area contributed by atoms with E-state index in [0.717, 1.165) is 10.0 Å². The van der Waals surface area contributed by atoms with E-state index in [0.29, 0.717) is 30.2 Å². The smallest absolute Gasteiger partial charge is 0.200 e. The number of halogens is 4. The number of fused-ring (bicyclic) bond motifs is 1. The van der Waals surface area contributed by atoms with E-state index >= 15 is 0 Å². The van der Waals surface area contributed by atoms with Crippen molar-refractivity contribution in [1.29, 1.82) is 0 Å². The van der Waals surface area contributed by atoms with Crippen molar-refractivity contribution in [1.82, 2.24) is 4.98 Å². The number of allylic oxidation sites excluding steroid dienone is 1. The molecule has 0 saturated carbocycles. The fourth-order valence-corrected chi connectivity index (χ4v) is 4.76. The maximum absolute atomic E-state index is 12.8. The number of carbonyl (C=O) groups is 1. The maximum Gasteiger partial charge on any atom is 0.200 e. The van der Waals surface area contributed by atoms with Crippen LogP contribution in [0.4, 0.5) is 0 Å². The molecule has 0 saturated heterocycles. The molecule has 1 aliphatic carbocycles. The average Bonchev–Trinajstić information content (AvgIpc) is 2.75. The minimum atomic E-state index is -0.260. The van der Waals surface area contributed by atoms with Crippen molar-refractivity contribution < 1.29 is 9.90 Å². The van der Waals surface area contributed by atoms with Gasteiger partial charge in [-0.25, -0.2) is 0 Å². The third-order valence-corrected chi connectivity index (χ3v) is 8.13. The van der Waals surface area contributed by atoms with Crippen LogP contribution in [0.1, 0.15) is 27.2 Å².